The number of ketones is 1. The molecule has 6 aromatic rings. The molecule has 2 aliphatic carbocycles. The number of rotatable bonds is 10. The van der Waals surface area contributed by atoms with E-state index >= 15 is 0 Å². The summed E-state index contributed by atoms with van der Waals surface area (Å²) in [5.41, 5.74) is 10.3. The summed E-state index contributed by atoms with van der Waals surface area (Å²) >= 11 is 0. The normalized spacial score (nSPS) is 21.5. The second-order valence-electron chi connectivity index (χ2n) is 22.3. The second kappa shape index (κ2) is 22.6. The summed E-state index contributed by atoms with van der Waals surface area (Å²) in [6.07, 6.45) is 15.1. The minimum Gasteiger partial charge on any atom is -0.508 e. The second-order valence-corrected chi connectivity index (χ2v) is 22.3. The zero-order valence-electron chi connectivity index (χ0n) is 44.3. The molecule has 0 radical (unpaired) electrons. The zero-order valence-corrected chi connectivity index (χ0v) is 44.3. The van der Waals surface area contributed by atoms with Crippen molar-refractivity contribution in [2.45, 2.75) is 120 Å². The summed E-state index contributed by atoms with van der Waals surface area (Å²) in [5, 5.41) is 36.3. The van der Waals surface area contributed by atoms with Crippen molar-refractivity contribution in [2.24, 2.45) is 11.3 Å². The van der Waals surface area contributed by atoms with E-state index in [9.17, 15) is 20.1 Å². The lowest BCUT2D eigenvalue weighted by Crippen LogP contribution is -2.62. The third-order valence-corrected chi connectivity index (χ3v) is 17.7. The Bertz CT molecular complexity index is 2990. The van der Waals surface area contributed by atoms with Crippen LogP contribution >= 0.6 is 0 Å². The summed E-state index contributed by atoms with van der Waals surface area (Å²) in [6.45, 7) is 5.04. The van der Waals surface area contributed by atoms with Crippen LogP contribution in [0.25, 0.3) is 17.2 Å². The van der Waals surface area contributed by atoms with Crippen molar-refractivity contribution < 1.29 is 39.1 Å². The van der Waals surface area contributed by atoms with Crippen molar-refractivity contribution in [3.63, 3.8) is 0 Å². The molecule has 398 valence electrons. The van der Waals surface area contributed by atoms with Gasteiger partial charge in [-0.15, -0.1) is 0 Å². The predicted octanol–water partition coefficient (Wildman–Crippen LogP) is 11.7. The molecule has 4 aliphatic heterocycles. The van der Waals surface area contributed by atoms with Gasteiger partial charge < -0.3 is 49.5 Å². The number of phenols is 1. The largest absolute Gasteiger partial charge is 0.508 e. The molecule has 5 N–H and O–H groups in total. The van der Waals surface area contributed by atoms with Crippen LogP contribution in [-0.2, 0) is 31.1 Å². The van der Waals surface area contributed by atoms with E-state index in [4.69, 9.17) is 18.9 Å². The molecular formula is C65H75N3O8. The van der Waals surface area contributed by atoms with Gasteiger partial charge in [0, 0.05) is 60.8 Å². The number of phenolic OH excluding ortho intramolecular Hbond substituents is 1. The quantitative estimate of drug-likeness (QED) is 0.0899. The maximum absolute atomic E-state index is 14.8. The Morgan fingerprint density at radius 3 is 2.39 bits per heavy atom. The lowest BCUT2D eigenvalue weighted by Gasteiger charge is -2.54. The van der Waals surface area contributed by atoms with Gasteiger partial charge in [0.25, 0.3) is 0 Å². The number of aromatic nitrogens is 1. The van der Waals surface area contributed by atoms with Crippen molar-refractivity contribution >= 4 is 17.7 Å². The molecule has 4 atom stereocenters. The van der Waals surface area contributed by atoms with Crippen LogP contribution in [0.1, 0.15) is 127 Å². The van der Waals surface area contributed by atoms with E-state index in [1.807, 2.05) is 36.4 Å². The van der Waals surface area contributed by atoms with Gasteiger partial charge in [-0.25, -0.2) is 0 Å². The number of ether oxygens (including phenoxy) is 4. The van der Waals surface area contributed by atoms with E-state index < -0.39 is 12.2 Å². The minimum atomic E-state index is -0.821. The highest BCUT2D eigenvalue weighted by molar-refractivity contribution is 6.04. The summed E-state index contributed by atoms with van der Waals surface area (Å²) in [7, 11) is 1.56. The van der Waals surface area contributed by atoms with Gasteiger partial charge in [-0.3, -0.25) is 4.79 Å². The third-order valence-electron chi connectivity index (χ3n) is 17.7. The average molecular weight is 1030 g/mol. The monoisotopic (exact) mass is 1030 g/mol. The molecule has 3 fully saturated rings. The SMILES string of the molecule is CCc1cc2c([nH]1)N1CCNC[C@H]1C1(CCC3(CCCC3)CC1)c1ccc(cc1)C[C@H](CO)COc1c(c3c(c(OCC[C@@H](O)/C=C/c4ccccc4)c1OC)C(=O)CC(c1ccc(O)cc1)O3)CCc1cccc-2c1. The van der Waals surface area contributed by atoms with Crippen LogP contribution in [0.15, 0.2) is 115 Å². The number of aryl methyl sites for hydroxylation is 2. The number of methoxy groups -OCH3 is 1. The number of carbonyl (C=O) groups excluding carboxylic acids is 1. The van der Waals surface area contributed by atoms with Gasteiger partial charge in [0.05, 0.1) is 38.9 Å². The van der Waals surface area contributed by atoms with E-state index in [1.54, 1.807) is 37.5 Å². The molecule has 5 heterocycles. The summed E-state index contributed by atoms with van der Waals surface area (Å²) in [4.78, 5) is 21.5. The van der Waals surface area contributed by atoms with Crippen LogP contribution in [0.4, 0.5) is 5.82 Å². The molecule has 11 nitrogen and oxygen atoms in total. The van der Waals surface area contributed by atoms with Crippen LogP contribution in [0.2, 0.25) is 0 Å². The number of nitrogens with zero attached hydrogens (tertiary/aromatic N) is 1. The van der Waals surface area contributed by atoms with Gasteiger partial charge in [-0.1, -0.05) is 123 Å². The predicted molar refractivity (Wildman–Crippen MR) is 299 cm³/mol. The highest BCUT2D eigenvalue weighted by Gasteiger charge is 2.51. The number of fused-ring (bicyclic) bond motifs is 7. The molecule has 1 saturated heterocycles. The summed E-state index contributed by atoms with van der Waals surface area (Å²) < 4.78 is 26.9. The first-order chi connectivity index (χ1) is 37.2. The number of hydrogen-bond donors (Lipinski definition) is 5. The Labute approximate surface area is 448 Å². The van der Waals surface area contributed by atoms with Gasteiger partial charge in [-0.05, 0) is 121 Å². The number of nitrogens with one attached hydrogen (secondary N) is 2. The number of carbonyl (C=O) groups is 1. The van der Waals surface area contributed by atoms with Gasteiger partial charge in [0.15, 0.2) is 17.3 Å². The topological polar surface area (TPSA) is 146 Å². The Morgan fingerprint density at radius 2 is 1.64 bits per heavy atom. The number of aliphatic hydroxyl groups excluding tert-OH is 2. The van der Waals surface area contributed by atoms with E-state index in [2.05, 4.69) is 76.7 Å². The molecular weight excluding hydrogens is 951 g/mol. The average Bonchev–Trinajstić information content (AvgIpc) is 4.18. The van der Waals surface area contributed by atoms with Gasteiger partial charge in [0.2, 0.25) is 5.75 Å². The standard InChI is InChI=1S/C65H75N3O8/c1-3-50-38-54-48-13-9-12-44(37-48)17-25-53-59-58(55(72)39-56(76-59)47-18-23-51(70)24-19-47)61(74-35-26-52(71)22-16-43-10-5-4-6-11-43)62(73-2)60(53)75-42-46(41-69)36-45-14-20-49(21-15-45)65(31-29-64(30-32-65)27-7-8-28-64)57-40-66-33-34-68(57)63(54)67-50/h4-6,9-16,18-24,37-38,46,52,56-57,66-67,69-71H,3,7-8,17,25-36,39-42H2,1-2H3/b22-16+/t46-,52+,56?,57+/m1/s1. The maximum atomic E-state index is 14.8. The Kier molecular flexibility index (Phi) is 15.3. The van der Waals surface area contributed by atoms with Crippen LogP contribution in [0.5, 0.6) is 28.7 Å². The Balaban J connectivity index is 1.02. The summed E-state index contributed by atoms with van der Waals surface area (Å²) in [5.74, 6) is 2.06. The van der Waals surface area contributed by atoms with E-state index in [0.29, 0.717) is 41.7 Å². The van der Waals surface area contributed by atoms with Gasteiger partial charge >= 0.3 is 0 Å². The Morgan fingerprint density at radius 1 is 0.855 bits per heavy atom. The molecule has 6 aliphatic rings. The molecule has 76 heavy (non-hydrogen) atoms. The number of piperazine rings is 1. The number of H-pyrrole nitrogens is 1. The minimum absolute atomic E-state index is 0.0291. The summed E-state index contributed by atoms with van der Waals surface area (Å²) in [6, 6.07) is 37.4. The lowest BCUT2D eigenvalue weighted by molar-refractivity contribution is 0.0834. The number of benzene rings is 5. The first kappa shape index (κ1) is 51.6. The van der Waals surface area contributed by atoms with Crippen LogP contribution < -0.4 is 29.2 Å². The maximum Gasteiger partial charge on any atom is 0.204 e. The van der Waals surface area contributed by atoms with E-state index in [-0.39, 0.29) is 78.6 Å². The lowest BCUT2D eigenvalue weighted by atomic mass is 9.57. The van der Waals surface area contributed by atoms with Gasteiger partial charge in [0.1, 0.15) is 29.0 Å². The van der Waals surface area contributed by atoms with Gasteiger partial charge in [-0.2, -0.15) is 0 Å². The fraction of sp³-hybridized carbons (Fsp3) is 0.431. The highest BCUT2D eigenvalue weighted by Crippen LogP contribution is 2.57. The number of aromatic hydroxyl groups is 1. The van der Waals surface area contributed by atoms with Crippen LogP contribution in [0.3, 0.4) is 0 Å². The number of Topliss-reactive ketones (excluding diaryl/α,β-unsaturated/α-hetero) is 1. The molecule has 2 saturated carbocycles. The molecule has 5 aromatic carbocycles. The fourth-order valence-corrected chi connectivity index (χ4v) is 13.4. The number of hydrogen-bond acceptors (Lipinski definition) is 10. The third kappa shape index (κ3) is 10.5. The molecule has 0 amide bonds. The first-order valence-corrected chi connectivity index (χ1v) is 28.1. The van der Waals surface area contributed by atoms with E-state index in [0.717, 1.165) is 66.7 Å². The zero-order chi connectivity index (χ0) is 52.2. The Hall–Kier alpha value is -6.53. The molecule has 4 bridgehead atoms. The first-order valence-electron chi connectivity index (χ1n) is 28.1. The van der Waals surface area contributed by atoms with E-state index in [1.165, 1.54) is 61.2 Å². The van der Waals surface area contributed by atoms with Crippen molar-refractivity contribution in [2.75, 3.05) is 51.5 Å². The molecule has 11 heteroatoms. The van der Waals surface area contributed by atoms with Crippen molar-refractivity contribution in [3.05, 3.63) is 160 Å². The molecule has 1 aromatic heterocycles. The fourth-order valence-electron chi connectivity index (χ4n) is 13.4. The van der Waals surface area contributed by atoms with Crippen LogP contribution in [-0.4, -0.2) is 84.8 Å². The molecule has 2 spiro atoms. The van der Waals surface area contributed by atoms with Crippen molar-refractivity contribution in [3.8, 4) is 39.9 Å². The number of anilines is 1. The number of aromatic amines is 1. The molecule has 12 rings (SSSR count). The van der Waals surface area contributed by atoms with Crippen LogP contribution in [0, 0.1) is 11.3 Å². The smallest absolute Gasteiger partial charge is 0.204 e. The molecule has 1 unspecified atom stereocenters. The number of aliphatic hydroxyl groups is 2. The van der Waals surface area contributed by atoms with Crippen molar-refractivity contribution in [1.82, 2.24) is 10.3 Å². The highest BCUT2D eigenvalue weighted by atomic mass is 16.5. The van der Waals surface area contributed by atoms with Crippen molar-refractivity contribution in [1.29, 1.82) is 0 Å².